The van der Waals surface area contributed by atoms with Crippen LogP contribution in [0.3, 0.4) is 0 Å². The Morgan fingerprint density at radius 3 is 2.50 bits per heavy atom. The zero-order chi connectivity index (χ0) is 24.9. The van der Waals surface area contributed by atoms with Gasteiger partial charge < -0.3 is 9.80 Å². The van der Waals surface area contributed by atoms with E-state index in [2.05, 4.69) is 39.2 Å². The number of nitriles is 1. The van der Waals surface area contributed by atoms with Gasteiger partial charge >= 0.3 is 0 Å². The van der Waals surface area contributed by atoms with Crippen LogP contribution in [0.5, 0.6) is 0 Å². The van der Waals surface area contributed by atoms with Gasteiger partial charge in [-0.25, -0.2) is 9.50 Å². The Bertz CT molecular complexity index is 1550. The van der Waals surface area contributed by atoms with Crippen molar-refractivity contribution in [3.8, 4) is 40.7 Å². The summed E-state index contributed by atoms with van der Waals surface area (Å²) in [5, 5.41) is 18.3. The van der Waals surface area contributed by atoms with Crippen LogP contribution in [0.25, 0.3) is 27.8 Å². The minimum absolute atomic E-state index is 0.210. The quantitative estimate of drug-likeness (QED) is 0.422. The van der Waals surface area contributed by atoms with E-state index in [-0.39, 0.29) is 11.3 Å². The van der Waals surface area contributed by atoms with Gasteiger partial charge in [-0.3, -0.25) is 9.48 Å². The number of pyridine rings is 2. The van der Waals surface area contributed by atoms with Crippen LogP contribution in [-0.2, 0) is 11.8 Å². The third-order valence-electron chi connectivity index (χ3n) is 7.44. The third kappa shape index (κ3) is 3.57. The van der Waals surface area contributed by atoms with E-state index in [0.29, 0.717) is 5.56 Å². The number of terminal acetylenes is 1. The summed E-state index contributed by atoms with van der Waals surface area (Å²) in [5.74, 6) is 2.94. The molecular weight excluding hydrogens is 452 g/mol. The molecule has 2 fully saturated rings. The van der Waals surface area contributed by atoms with Crippen molar-refractivity contribution in [2.75, 3.05) is 31.1 Å². The zero-order valence-corrected chi connectivity index (χ0v) is 19.9. The van der Waals surface area contributed by atoms with E-state index in [4.69, 9.17) is 11.4 Å². The molecule has 0 N–H and O–H groups in total. The summed E-state index contributed by atoms with van der Waals surface area (Å²) in [7, 11) is 1.88. The number of amides is 1. The van der Waals surface area contributed by atoms with Crippen molar-refractivity contribution < 1.29 is 4.79 Å². The molecule has 0 aromatic carbocycles. The SMILES string of the molecule is C#CC(=O)N1CCC2(CC1)CN(c1ccc(-c3cc(-c4cnn(C)c4)cn4ncc(C#N)c34)cn1)C2. The van der Waals surface area contributed by atoms with Crippen molar-refractivity contribution in [2.24, 2.45) is 12.5 Å². The predicted octanol–water partition coefficient (Wildman–Crippen LogP) is 2.73. The van der Waals surface area contributed by atoms with E-state index in [1.54, 1.807) is 20.3 Å². The lowest BCUT2D eigenvalue weighted by atomic mass is 9.72. The summed E-state index contributed by atoms with van der Waals surface area (Å²) in [6.45, 7) is 3.30. The molecule has 0 aliphatic carbocycles. The van der Waals surface area contributed by atoms with E-state index in [0.717, 1.165) is 72.6 Å². The minimum Gasteiger partial charge on any atom is -0.355 e. The number of nitrogens with zero attached hydrogens (tertiary/aromatic N) is 8. The van der Waals surface area contributed by atoms with Gasteiger partial charge in [-0.15, -0.1) is 6.42 Å². The number of rotatable bonds is 3. The average molecular weight is 477 g/mol. The molecule has 0 radical (unpaired) electrons. The average Bonchev–Trinajstić information content (AvgIpc) is 3.52. The molecule has 6 heterocycles. The molecule has 2 saturated heterocycles. The van der Waals surface area contributed by atoms with E-state index in [9.17, 15) is 10.1 Å². The molecule has 36 heavy (non-hydrogen) atoms. The van der Waals surface area contributed by atoms with Crippen molar-refractivity contribution in [1.82, 2.24) is 29.3 Å². The molecule has 2 aliphatic heterocycles. The number of hydrogen-bond donors (Lipinski definition) is 0. The van der Waals surface area contributed by atoms with E-state index in [1.165, 1.54) is 0 Å². The van der Waals surface area contributed by atoms with E-state index >= 15 is 0 Å². The standard InChI is InChI=1S/C27H24N8O/c1-3-25(36)33-8-6-27(7-9-33)17-34(18-27)24-5-4-19(12-29-24)23-10-20(22-14-30-32(2)15-22)16-35-26(23)21(11-28)13-31-35/h1,4-5,10,12-16H,6-9,17-18H2,2H3. The van der Waals surface area contributed by atoms with Crippen LogP contribution in [0, 0.1) is 29.1 Å². The molecule has 0 saturated carbocycles. The molecule has 4 aromatic heterocycles. The van der Waals surface area contributed by atoms with Gasteiger partial charge in [0.1, 0.15) is 11.9 Å². The molecule has 2 aliphatic rings. The van der Waals surface area contributed by atoms with Crippen LogP contribution in [-0.4, -0.2) is 61.4 Å². The number of likely N-dealkylation sites (tertiary alicyclic amines) is 1. The highest BCUT2D eigenvalue weighted by molar-refractivity contribution is 5.93. The fourth-order valence-corrected chi connectivity index (χ4v) is 5.40. The maximum Gasteiger partial charge on any atom is 0.298 e. The van der Waals surface area contributed by atoms with Crippen molar-refractivity contribution in [3.63, 3.8) is 0 Å². The highest BCUT2D eigenvalue weighted by Gasteiger charge is 2.45. The molecule has 9 heteroatoms. The first-order valence-corrected chi connectivity index (χ1v) is 11.9. The second kappa shape index (κ2) is 8.24. The molecule has 4 aromatic rings. The Morgan fingerprint density at radius 1 is 1.06 bits per heavy atom. The first-order valence-electron chi connectivity index (χ1n) is 11.9. The van der Waals surface area contributed by atoms with Crippen molar-refractivity contribution in [3.05, 3.63) is 54.7 Å². The van der Waals surface area contributed by atoms with Gasteiger partial charge in [0, 0.05) is 79.5 Å². The zero-order valence-electron chi connectivity index (χ0n) is 19.9. The van der Waals surface area contributed by atoms with Crippen LogP contribution >= 0.6 is 0 Å². The molecule has 6 rings (SSSR count). The largest absolute Gasteiger partial charge is 0.355 e. The topological polar surface area (TPSA) is 95.4 Å². The Morgan fingerprint density at radius 2 is 1.86 bits per heavy atom. The number of carbonyl (C=O) groups is 1. The fourth-order valence-electron chi connectivity index (χ4n) is 5.40. The number of carbonyl (C=O) groups excluding carboxylic acids is 1. The molecular formula is C27H24N8O. The minimum atomic E-state index is -0.210. The van der Waals surface area contributed by atoms with Crippen LogP contribution in [0.1, 0.15) is 18.4 Å². The summed E-state index contributed by atoms with van der Waals surface area (Å²) in [5.41, 5.74) is 5.26. The Hall–Kier alpha value is -4.63. The second-order valence-electron chi connectivity index (χ2n) is 9.71. The van der Waals surface area contributed by atoms with Gasteiger partial charge in [-0.1, -0.05) is 0 Å². The number of fused-ring (bicyclic) bond motifs is 1. The van der Waals surface area contributed by atoms with Gasteiger partial charge in [0.25, 0.3) is 5.91 Å². The number of hydrogen-bond acceptors (Lipinski definition) is 6. The highest BCUT2D eigenvalue weighted by atomic mass is 16.2. The van der Waals surface area contributed by atoms with E-state index in [1.807, 2.05) is 37.9 Å². The smallest absolute Gasteiger partial charge is 0.298 e. The molecule has 0 unspecified atom stereocenters. The van der Waals surface area contributed by atoms with Crippen LogP contribution in [0.4, 0.5) is 5.82 Å². The first kappa shape index (κ1) is 21.9. The maximum atomic E-state index is 11.8. The lowest BCUT2D eigenvalue weighted by molar-refractivity contribution is -0.127. The normalized spacial score (nSPS) is 16.5. The predicted molar refractivity (Wildman–Crippen MR) is 135 cm³/mol. The fraction of sp³-hybridized carbons (Fsp3) is 0.296. The Kier molecular flexibility index (Phi) is 5.01. The number of aromatic nitrogens is 5. The lowest BCUT2D eigenvalue weighted by Gasteiger charge is -2.54. The van der Waals surface area contributed by atoms with Crippen LogP contribution in [0.15, 0.2) is 49.2 Å². The molecule has 0 atom stereocenters. The lowest BCUT2D eigenvalue weighted by Crippen LogP contribution is -2.61. The highest BCUT2D eigenvalue weighted by Crippen LogP contribution is 2.42. The molecule has 178 valence electrons. The summed E-state index contributed by atoms with van der Waals surface area (Å²) in [4.78, 5) is 20.6. The van der Waals surface area contributed by atoms with Crippen LogP contribution < -0.4 is 4.90 Å². The van der Waals surface area contributed by atoms with Crippen molar-refractivity contribution in [1.29, 1.82) is 5.26 Å². The van der Waals surface area contributed by atoms with Crippen molar-refractivity contribution >= 4 is 17.2 Å². The maximum absolute atomic E-state index is 11.8. The summed E-state index contributed by atoms with van der Waals surface area (Å²) in [6, 6.07) is 8.41. The van der Waals surface area contributed by atoms with Crippen LogP contribution in [0.2, 0.25) is 0 Å². The van der Waals surface area contributed by atoms with Gasteiger partial charge in [0.15, 0.2) is 0 Å². The Balaban J connectivity index is 1.25. The molecule has 9 nitrogen and oxygen atoms in total. The number of aryl methyl sites for hydroxylation is 1. The number of anilines is 1. The summed E-state index contributed by atoms with van der Waals surface area (Å²) in [6.07, 6.45) is 16.3. The van der Waals surface area contributed by atoms with Gasteiger partial charge in [-0.2, -0.15) is 15.5 Å². The molecule has 1 amide bonds. The van der Waals surface area contributed by atoms with E-state index < -0.39 is 0 Å². The molecule has 0 bridgehead atoms. The monoisotopic (exact) mass is 476 g/mol. The van der Waals surface area contributed by atoms with Gasteiger partial charge in [-0.05, 0) is 37.0 Å². The third-order valence-corrected chi connectivity index (χ3v) is 7.44. The Labute approximate surface area is 208 Å². The molecule has 1 spiro atoms. The second-order valence-corrected chi connectivity index (χ2v) is 9.71. The summed E-state index contributed by atoms with van der Waals surface area (Å²) < 4.78 is 3.51. The van der Waals surface area contributed by atoms with Crippen molar-refractivity contribution in [2.45, 2.75) is 12.8 Å². The van der Waals surface area contributed by atoms with Gasteiger partial charge in [0.05, 0.1) is 23.5 Å². The first-order chi connectivity index (χ1) is 17.5. The number of piperidine rings is 1. The summed E-state index contributed by atoms with van der Waals surface area (Å²) >= 11 is 0. The van der Waals surface area contributed by atoms with Gasteiger partial charge in [0.2, 0.25) is 0 Å².